The minimum atomic E-state index is -3.04. The maximum atomic E-state index is 12.6. The lowest BCUT2D eigenvalue weighted by atomic mass is 10.1. The van der Waals surface area contributed by atoms with Crippen LogP contribution in [0.15, 0.2) is 10.9 Å². The molecule has 0 saturated carbocycles. The fourth-order valence-corrected chi connectivity index (χ4v) is 1.16. The number of alkyl halides is 2. The molecule has 84 valence electrons. The van der Waals surface area contributed by atoms with Crippen LogP contribution in [0.5, 0.6) is 0 Å². The van der Waals surface area contributed by atoms with E-state index in [1.165, 1.54) is 6.07 Å². The number of carbonyl (C=O) groups excluding carboxylic acids is 1. The van der Waals surface area contributed by atoms with Gasteiger partial charge < -0.3 is 9.72 Å². The molecule has 0 spiro atoms. The molecule has 0 aliphatic heterocycles. The summed E-state index contributed by atoms with van der Waals surface area (Å²) in [5, 5.41) is 8.62. The van der Waals surface area contributed by atoms with Crippen molar-refractivity contribution in [1.82, 2.24) is 4.98 Å². The molecule has 0 aliphatic rings. The SMILES string of the molecule is COC(=O)c1c(C(F)F)cc(=O)[nH]c1C#N. The van der Waals surface area contributed by atoms with Gasteiger partial charge >= 0.3 is 5.97 Å². The number of nitriles is 1. The Hall–Kier alpha value is -2.23. The molecule has 0 aromatic carbocycles. The van der Waals surface area contributed by atoms with Gasteiger partial charge in [-0.25, -0.2) is 13.6 Å². The van der Waals surface area contributed by atoms with Crippen LogP contribution in [0.2, 0.25) is 0 Å². The zero-order valence-corrected chi connectivity index (χ0v) is 8.08. The minimum Gasteiger partial charge on any atom is -0.465 e. The van der Waals surface area contributed by atoms with Crippen LogP contribution in [0.3, 0.4) is 0 Å². The predicted molar refractivity (Wildman–Crippen MR) is 48.1 cm³/mol. The second-order valence-electron chi connectivity index (χ2n) is 2.74. The average Bonchev–Trinajstić information content (AvgIpc) is 2.26. The Kier molecular flexibility index (Phi) is 3.35. The number of ether oxygens (including phenoxy) is 1. The van der Waals surface area contributed by atoms with Gasteiger partial charge in [0.25, 0.3) is 6.43 Å². The summed E-state index contributed by atoms with van der Waals surface area (Å²) >= 11 is 0. The molecule has 0 radical (unpaired) electrons. The first-order valence-electron chi connectivity index (χ1n) is 4.05. The Balaban J connectivity index is 3.59. The summed E-state index contributed by atoms with van der Waals surface area (Å²) < 4.78 is 29.4. The first kappa shape index (κ1) is 11.8. The average molecular weight is 228 g/mol. The van der Waals surface area contributed by atoms with E-state index in [4.69, 9.17) is 5.26 Å². The molecular formula is C9H6F2N2O3. The van der Waals surface area contributed by atoms with Gasteiger partial charge in [-0.3, -0.25) is 4.79 Å². The predicted octanol–water partition coefficient (Wildman–Crippen LogP) is 0.971. The van der Waals surface area contributed by atoms with Gasteiger partial charge in [0.1, 0.15) is 17.3 Å². The van der Waals surface area contributed by atoms with Crippen molar-refractivity contribution >= 4 is 5.97 Å². The van der Waals surface area contributed by atoms with Crippen molar-refractivity contribution in [2.75, 3.05) is 7.11 Å². The van der Waals surface area contributed by atoms with Gasteiger partial charge in [-0.15, -0.1) is 0 Å². The Labute approximate surface area is 88.3 Å². The summed E-state index contributed by atoms with van der Waals surface area (Å²) in [4.78, 5) is 24.1. The number of rotatable bonds is 2. The Bertz CT molecular complexity index is 516. The molecule has 0 aliphatic carbocycles. The monoisotopic (exact) mass is 228 g/mol. The number of H-pyrrole nitrogens is 1. The van der Waals surface area contributed by atoms with Crippen molar-refractivity contribution in [3.8, 4) is 6.07 Å². The minimum absolute atomic E-state index is 0.533. The first-order chi connectivity index (χ1) is 7.51. The number of methoxy groups -OCH3 is 1. The van der Waals surface area contributed by atoms with Crippen molar-refractivity contribution in [3.05, 3.63) is 33.2 Å². The van der Waals surface area contributed by atoms with Crippen LogP contribution in [-0.2, 0) is 4.74 Å². The van der Waals surface area contributed by atoms with Crippen molar-refractivity contribution < 1.29 is 18.3 Å². The second kappa shape index (κ2) is 4.53. The number of esters is 1. The van der Waals surface area contributed by atoms with Crippen LogP contribution in [0, 0.1) is 11.3 Å². The molecule has 7 heteroatoms. The summed E-state index contributed by atoms with van der Waals surface area (Å²) in [6.45, 7) is 0. The molecule has 0 unspecified atom stereocenters. The van der Waals surface area contributed by atoms with Crippen LogP contribution in [0.4, 0.5) is 8.78 Å². The highest BCUT2D eigenvalue weighted by Crippen LogP contribution is 2.23. The van der Waals surface area contributed by atoms with Crippen LogP contribution in [-0.4, -0.2) is 18.1 Å². The number of hydrogen-bond acceptors (Lipinski definition) is 4. The molecule has 1 aromatic heterocycles. The van der Waals surface area contributed by atoms with Gasteiger partial charge in [-0.05, 0) is 0 Å². The third kappa shape index (κ3) is 2.06. The molecule has 1 N–H and O–H groups in total. The van der Waals surface area contributed by atoms with Crippen molar-refractivity contribution in [3.63, 3.8) is 0 Å². The largest absolute Gasteiger partial charge is 0.465 e. The number of aromatic amines is 1. The number of nitrogens with zero attached hydrogens (tertiary/aromatic N) is 1. The molecular weight excluding hydrogens is 222 g/mol. The highest BCUT2D eigenvalue weighted by molar-refractivity contribution is 5.93. The molecule has 0 bridgehead atoms. The van der Waals surface area contributed by atoms with E-state index in [2.05, 4.69) is 4.74 Å². The highest BCUT2D eigenvalue weighted by Gasteiger charge is 2.24. The molecule has 1 aromatic rings. The summed E-state index contributed by atoms with van der Waals surface area (Å²) in [5.74, 6) is -1.09. The molecule has 0 saturated heterocycles. The molecule has 0 atom stereocenters. The van der Waals surface area contributed by atoms with E-state index < -0.39 is 34.8 Å². The van der Waals surface area contributed by atoms with Crippen LogP contribution >= 0.6 is 0 Å². The van der Waals surface area contributed by atoms with E-state index in [0.29, 0.717) is 6.07 Å². The smallest absolute Gasteiger partial charge is 0.341 e. The number of nitrogens with one attached hydrogen (secondary N) is 1. The van der Waals surface area contributed by atoms with Gasteiger partial charge in [0.2, 0.25) is 5.56 Å². The molecule has 1 heterocycles. The molecule has 1 rings (SSSR count). The molecule has 16 heavy (non-hydrogen) atoms. The second-order valence-corrected chi connectivity index (χ2v) is 2.74. The Morgan fingerprint density at radius 2 is 2.25 bits per heavy atom. The number of aromatic nitrogens is 1. The van der Waals surface area contributed by atoms with E-state index in [9.17, 15) is 18.4 Å². The lowest BCUT2D eigenvalue weighted by Crippen LogP contribution is -2.17. The lowest BCUT2D eigenvalue weighted by molar-refractivity contribution is 0.0588. The zero-order valence-electron chi connectivity index (χ0n) is 8.08. The Morgan fingerprint density at radius 1 is 1.62 bits per heavy atom. The van der Waals surface area contributed by atoms with Crippen molar-refractivity contribution in [2.45, 2.75) is 6.43 Å². The maximum absolute atomic E-state index is 12.6. The standard InChI is InChI=1S/C9H6F2N2O3/c1-16-9(15)7-4(8(10)11)2-6(14)13-5(7)3-12/h2,8H,1H3,(H,13,14). The molecule has 0 fully saturated rings. The van der Waals surface area contributed by atoms with Gasteiger partial charge in [0.15, 0.2) is 0 Å². The summed E-state index contributed by atoms with van der Waals surface area (Å²) in [5.41, 5.74) is -2.83. The van der Waals surface area contributed by atoms with E-state index in [0.717, 1.165) is 7.11 Å². The molecule has 5 nitrogen and oxygen atoms in total. The van der Waals surface area contributed by atoms with Gasteiger partial charge in [-0.2, -0.15) is 5.26 Å². The number of hydrogen-bond donors (Lipinski definition) is 1. The lowest BCUT2D eigenvalue weighted by Gasteiger charge is -2.07. The number of halogens is 2. The summed E-state index contributed by atoms with van der Waals surface area (Å²) in [7, 11) is 0.990. The topological polar surface area (TPSA) is 83.0 Å². The van der Waals surface area contributed by atoms with Crippen LogP contribution < -0.4 is 5.56 Å². The quantitative estimate of drug-likeness (QED) is 0.764. The third-order valence-corrected chi connectivity index (χ3v) is 1.81. The van der Waals surface area contributed by atoms with Crippen LogP contribution in [0.1, 0.15) is 28.0 Å². The number of carbonyl (C=O) groups is 1. The van der Waals surface area contributed by atoms with Crippen molar-refractivity contribution in [1.29, 1.82) is 5.26 Å². The van der Waals surface area contributed by atoms with Gasteiger partial charge in [0, 0.05) is 11.6 Å². The van der Waals surface area contributed by atoms with Gasteiger partial charge in [0.05, 0.1) is 7.11 Å². The third-order valence-electron chi connectivity index (χ3n) is 1.81. The van der Waals surface area contributed by atoms with E-state index in [1.54, 1.807) is 0 Å². The van der Waals surface area contributed by atoms with Crippen LogP contribution in [0.25, 0.3) is 0 Å². The summed E-state index contributed by atoms with van der Waals surface area (Å²) in [6, 6.07) is 2.02. The maximum Gasteiger partial charge on any atom is 0.341 e. The Morgan fingerprint density at radius 3 is 2.69 bits per heavy atom. The fraction of sp³-hybridized carbons (Fsp3) is 0.222. The molecule has 0 amide bonds. The van der Waals surface area contributed by atoms with E-state index in [1.807, 2.05) is 4.98 Å². The van der Waals surface area contributed by atoms with Crippen molar-refractivity contribution in [2.24, 2.45) is 0 Å². The summed E-state index contributed by atoms with van der Waals surface area (Å²) in [6.07, 6.45) is -3.04. The zero-order chi connectivity index (χ0) is 12.3. The van der Waals surface area contributed by atoms with E-state index in [-0.39, 0.29) is 0 Å². The fourth-order valence-electron chi connectivity index (χ4n) is 1.16. The van der Waals surface area contributed by atoms with E-state index >= 15 is 0 Å². The number of pyridine rings is 1. The highest BCUT2D eigenvalue weighted by atomic mass is 19.3. The van der Waals surface area contributed by atoms with Gasteiger partial charge in [-0.1, -0.05) is 0 Å². The normalized spacial score (nSPS) is 9.94. The first-order valence-corrected chi connectivity index (χ1v) is 4.05.